The molecular formula is C22H27N3O4. The van der Waals surface area contributed by atoms with Gasteiger partial charge in [-0.25, -0.2) is 0 Å². The molecule has 3 aliphatic rings. The Morgan fingerprint density at radius 3 is 2.72 bits per heavy atom. The molecule has 154 valence electrons. The maximum Gasteiger partial charge on any atom is 0.227 e. The minimum atomic E-state index is 0.0925. The Hall–Kier alpha value is -2.38. The molecule has 0 spiro atoms. The molecule has 1 aromatic heterocycles. The van der Waals surface area contributed by atoms with Crippen molar-refractivity contribution in [3.05, 3.63) is 29.7 Å². The molecule has 1 amide bonds. The van der Waals surface area contributed by atoms with E-state index in [2.05, 4.69) is 15.4 Å². The van der Waals surface area contributed by atoms with E-state index in [9.17, 15) is 4.79 Å². The van der Waals surface area contributed by atoms with Crippen LogP contribution in [-0.4, -0.2) is 54.4 Å². The number of fused-ring (bicyclic) bond motifs is 2. The lowest BCUT2D eigenvalue weighted by molar-refractivity contribution is -0.129. The molecule has 7 heteroatoms. The second kappa shape index (κ2) is 7.46. The van der Waals surface area contributed by atoms with Crippen LogP contribution in [0.15, 0.2) is 22.7 Å². The maximum absolute atomic E-state index is 12.2. The molecule has 5 rings (SSSR count). The molecule has 29 heavy (non-hydrogen) atoms. The summed E-state index contributed by atoms with van der Waals surface area (Å²) in [5.41, 5.74) is 3.42. The van der Waals surface area contributed by atoms with Crippen molar-refractivity contribution < 1.29 is 18.8 Å². The first-order chi connectivity index (χ1) is 14.1. The predicted octanol–water partition coefficient (Wildman–Crippen LogP) is 3.16. The second-order valence-electron chi connectivity index (χ2n) is 8.34. The van der Waals surface area contributed by atoms with Gasteiger partial charge in [-0.3, -0.25) is 9.69 Å². The molecule has 2 saturated heterocycles. The van der Waals surface area contributed by atoms with Gasteiger partial charge in [0.05, 0.1) is 24.5 Å². The molecule has 2 bridgehead atoms. The summed E-state index contributed by atoms with van der Waals surface area (Å²) in [6.07, 6.45) is 3.19. The lowest BCUT2D eigenvalue weighted by Crippen LogP contribution is -2.64. The molecule has 7 nitrogen and oxygen atoms in total. The number of benzene rings is 1. The van der Waals surface area contributed by atoms with Crippen LogP contribution in [0.2, 0.25) is 0 Å². The number of nitrogens with zero attached hydrogens (tertiary/aromatic N) is 2. The quantitative estimate of drug-likeness (QED) is 0.773. The van der Waals surface area contributed by atoms with Gasteiger partial charge in [-0.05, 0) is 51.3 Å². The van der Waals surface area contributed by atoms with E-state index in [1.54, 1.807) is 0 Å². The number of rotatable bonds is 7. The summed E-state index contributed by atoms with van der Waals surface area (Å²) in [5, 5.41) is 7.12. The standard InChI is InChI=1S/C22H27N3O4/c1-13-21(14(2)29-24-13)19-9-16(23-22(26)15-3-4-15)5-6-20(19)28-8-7-25-17-10-18(25)12-27-11-17/h5-6,9,15,17-18H,3-4,7-8,10-12H2,1-2H3,(H,23,26)/t17-,18+. The highest BCUT2D eigenvalue weighted by Crippen LogP contribution is 2.38. The van der Waals surface area contributed by atoms with Gasteiger partial charge in [-0.2, -0.15) is 0 Å². The van der Waals surface area contributed by atoms with Gasteiger partial charge in [0.2, 0.25) is 5.91 Å². The van der Waals surface area contributed by atoms with Crippen molar-refractivity contribution in [1.82, 2.24) is 10.1 Å². The van der Waals surface area contributed by atoms with E-state index in [-0.39, 0.29) is 11.8 Å². The zero-order valence-electron chi connectivity index (χ0n) is 16.9. The van der Waals surface area contributed by atoms with Crippen molar-refractivity contribution in [2.45, 2.75) is 45.2 Å². The number of hydrogen-bond acceptors (Lipinski definition) is 6. The number of carbonyl (C=O) groups is 1. The number of amides is 1. The van der Waals surface area contributed by atoms with E-state index in [1.807, 2.05) is 32.0 Å². The van der Waals surface area contributed by atoms with Gasteiger partial charge in [0.15, 0.2) is 0 Å². The van der Waals surface area contributed by atoms with Gasteiger partial charge in [0.25, 0.3) is 0 Å². The Balaban J connectivity index is 1.34. The van der Waals surface area contributed by atoms with E-state index in [0.717, 1.165) is 66.6 Å². The summed E-state index contributed by atoms with van der Waals surface area (Å²) in [4.78, 5) is 14.7. The summed E-state index contributed by atoms with van der Waals surface area (Å²) >= 11 is 0. The van der Waals surface area contributed by atoms with Gasteiger partial charge in [0.1, 0.15) is 18.1 Å². The van der Waals surface area contributed by atoms with Gasteiger partial charge in [-0.1, -0.05) is 5.16 Å². The topological polar surface area (TPSA) is 76.8 Å². The third-order valence-corrected chi connectivity index (χ3v) is 6.21. The molecule has 1 N–H and O–H groups in total. The van der Waals surface area contributed by atoms with E-state index in [4.69, 9.17) is 14.0 Å². The highest BCUT2D eigenvalue weighted by molar-refractivity contribution is 5.95. The minimum absolute atomic E-state index is 0.0925. The van der Waals surface area contributed by atoms with E-state index in [1.165, 1.54) is 6.42 Å². The van der Waals surface area contributed by atoms with Gasteiger partial charge >= 0.3 is 0 Å². The largest absolute Gasteiger partial charge is 0.492 e. The first-order valence-corrected chi connectivity index (χ1v) is 10.4. The fraction of sp³-hybridized carbons (Fsp3) is 0.545. The lowest BCUT2D eigenvalue weighted by Gasteiger charge is -2.52. The average molecular weight is 397 g/mol. The van der Waals surface area contributed by atoms with Crippen LogP contribution in [0.3, 0.4) is 0 Å². The number of aromatic nitrogens is 1. The summed E-state index contributed by atoms with van der Waals surface area (Å²) in [6, 6.07) is 6.89. The van der Waals surface area contributed by atoms with E-state index >= 15 is 0 Å². The maximum atomic E-state index is 12.2. The number of anilines is 1. The smallest absolute Gasteiger partial charge is 0.227 e. The van der Waals surface area contributed by atoms with Crippen molar-refractivity contribution >= 4 is 11.6 Å². The monoisotopic (exact) mass is 397 g/mol. The summed E-state index contributed by atoms with van der Waals surface area (Å²) < 4.78 is 17.1. The van der Waals surface area contributed by atoms with Crippen LogP contribution in [0.4, 0.5) is 5.69 Å². The van der Waals surface area contributed by atoms with Crippen molar-refractivity contribution in [2.75, 3.05) is 31.7 Å². The molecule has 2 aromatic rings. The zero-order chi connectivity index (χ0) is 20.0. The highest BCUT2D eigenvalue weighted by Gasteiger charge is 2.41. The van der Waals surface area contributed by atoms with Crippen molar-refractivity contribution in [2.24, 2.45) is 5.92 Å². The third kappa shape index (κ3) is 3.65. The normalized spacial score (nSPS) is 23.5. The number of morpholine rings is 1. The van der Waals surface area contributed by atoms with Gasteiger partial charge in [-0.15, -0.1) is 0 Å². The Labute approximate surface area is 170 Å². The van der Waals surface area contributed by atoms with Crippen LogP contribution in [0.25, 0.3) is 11.1 Å². The molecule has 1 aliphatic carbocycles. The fourth-order valence-corrected chi connectivity index (χ4v) is 4.43. The van der Waals surface area contributed by atoms with Gasteiger partial charge in [0, 0.05) is 35.8 Å². The first-order valence-electron chi connectivity index (χ1n) is 10.4. The third-order valence-electron chi connectivity index (χ3n) is 6.21. The Bertz CT molecular complexity index is 887. The first kappa shape index (κ1) is 18.6. The summed E-state index contributed by atoms with van der Waals surface area (Å²) in [7, 11) is 0. The molecule has 1 saturated carbocycles. The molecule has 2 aliphatic heterocycles. The molecule has 0 unspecified atom stereocenters. The van der Waals surface area contributed by atoms with Crippen LogP contribution in [0.5, 0.6) is 5.75 Å². The lowest BCUT2D eigenvalue weighted by atomic mass is 9.91. The van der Waals surface area contributed by atoms with Gasteiger partial charge < -0.3 is 19.3 Å². The van der Waals surface area contributed by atoms with Crippen LogP contribution >= 0.6 is 0 Å². The second-order valence-corrected chi connectivity index (χ2v) is 8.34. The van der Waals surface area contributed by atoms with Crippen molar-refractivity contribution in [3.63, 3.8) is 0 Å². The molecule has 1 aromatic carbocycles. The number of hydrogen-bond donors (Lipinski definition) is 1. The van der Waals surface area contributed by atoms with Crippen LogP contribution in [-0.2, 0) is 9.53 Å². The van der Waals surface area contributed by atoms with Crippen LogP contribution < -0.4 is 10.1 Å². The van der Waals surface area contributed by atoms with Crippen LogP contribution in [0, 0.1) is 19.8 Å². The van der Waals surface area contributed by atoms with Crippen molar-refractivity contribution in [3.8, 4) is 16.9 Å². The summed E-state index contributed by atoms with van der Waals surface area (Å²) in [6.45, 7) is 6.98. The van der Waals surface area contributed by atoms with Crippen LogP contribution in [0.1, 0.15) is 30.7 Å². The molecule has 3 heterocycles. The molecule has 3 fully saturated rings. The number of nitrogens with one attached hydrogen (secondary N) is 1. The number of aryl methyl sites for hydroxylation is 2. The van der Waals surface area contributed by atoms with Crippen molar-refractivity contribution in [1.29, 1.82) is 0 Å². The number of carbonyl (C=O) groups excluding carboxylic acids is 1. The Kier molecular flexibility index (Phi) is 4.80. The minimum Gasteiger partial charge on any atom is -0.492 e. The van der Waals surface area contributed by atoms with E-state index in [0.29, 0.717) is 18.7 Å². The molecule has 0 radical (unpaired) electrons. The molecular weight excluding hydrogens is 370 g/mol. The fourth-order valence-electron chi connectivity index (χ4n) is 4.43. The Morgan fingerprint density at radius 1 is 1.28 bits per heavy atom. The SMILES string of the molecule is Cc1noc(C)c1-c1cc(NC(=O)C2CC2)ccc1OCCN1[C@@H]2COC[C@H]1C2. The predicted molar refractivity (Wildman–Crippen MR) is 108 cm³/mol. The highest BCUT2D eigenvalue weighted by atomic mass is 16.5. The van der Waals surface area contributed by atoms with E-state index < -0.39 is 0 Å². The summed E-state index contributed by atoms with van der Waals surface area (Å²) in [5.74, 6) is 1.78. The average Bonchev–Trinajstić information content (AvgIpc) is 3.52. The molecule has 2 atom stereocenters. The zero-order valence-corrected chi connectivity index (χ0v) is 16.9. The number of ether oxygens (including phenoxy) is 2. The Morgan fingerprint density at radius 2 is 2.07 bits per heavy atom.